The van der Waals surface area contributed by atoms with Crippen molar-refractivity contribution < 1.29 is 9.72 Å². The van der Waals surface area contributed by atoms with Crippen LogP contribution in [-0.2, 0) is 0 Å². The molecular weight excluding hydrogens is 332 g/mol. The first kappa shape index (κ1) is 17.4. The summed E-state index contributed by atoms with van der Waals surface area (Å²) in [4.78, 5) is 27.4. The summed E-state index contributed by atoms with van der Waals surface area (Å²) in [6, 6.07) is 5.72. The van der Waals surface area contributed by atoms with E-state index in [1.54, 1.807) is 0 Å². The molecule has 0 bridgehead atoms. The van der Waals surface area contributed by atoms with Crippen LogP contribution in [-0.4, -0.2) is 32.1 Å². The van der Waals surface area contributed by atoms with Crippen LogP contribution >= 0.6 is 11.8 Å². The molecule has 1 aromatic heterocycles. The number of hydrogen-bond donors (Lipinski definition) is 2. The third-order valence-electron chi connectivity index (χ3n) is 3.18. The molecule has 1 aromatic carbocycles. The second-order valence-corrected chi connectivity index (χ2v) is 5.80. The summed E-state index contributed by atoms with van der Waals surface area (Å²) in [5, 5.41) is 29.3. The van der Waals surface area contributed by atoms with Crippen LogP contribution in [0.2, 0.25) is 0 Å². The van der Waals surface area contributed by atoms with Gasteiger partial charge in [0, 0.05) is 23.1 Å². The van der Waals surface area contributed by atoms with Gasteiger partial charge in [-0.05, 0) is 24.2 Å². The van der Waals surface area contributed by atoms with Crippen molar-refractivity contribution in [2.75, 3.05) is 0 Å². The Morgan fingerprint density at radius 1 is 1.58 bits per heavy atom. The number of rotatable bonds is 7. The fourth-order valence-electron chi connectivity index (χ4n) is 1.92. The van der Waals surface area contributed by atoms with Gasteiger partial charge in [0.2, 0.25) is 0 Å². The fourth-order valence-corrected chi connectivity index (χ4v) is 2.72. The molecule has 124 valence electrons. The van der Waals surface area contributed by atoms with Crippen molar-refractivity contribution in [2.24, 2.45) is 0 Å². The second kappa shape index (κ2) is 8.07. The Morgan fingerprint density at radius 3 is 2.96 bits per heavy atom. The number of non-ortho nitro benzene ring substituents is 1. The number of hydrogen-bond acceptors (Lipinski definition) is 7. The van der Waals surface area contributed by atoms with Crippen LogP contribution in [0.1, 0.15) is 30.1 Å². The Hall–Kier alpha value is -2.93. The van der Waals surface area contributed by atoms with Crippen LogP contribution in [0.3, 0.4) is 0 Å². The maximum absolute atomic E-state index is 12.5. The number of nitrogens with zero attached hydrogens (tertiary/aromatic N) is 4. The number of aromatic amines is 1. The highest BCUT2D eigenvalue weighted by Gasteiger charge is 2.20. The molecular formula is C14H14N6O3S. The molecule has 2 rings (SSSR count). The largest absolute Gasteiger partial charge is 0.348 e. The van der Waals surface area contributed by atoms with Crippen LogP contribution < -0.4 is 5.32 Å². The zero-order chi connectivity index (χ0) is 17.5. The number of carbonyl (C=O) groups excluding carboxylic acids is 1. The molecule has 0 aliphatic carbocycles. The van der Waals surface area contributed by atoms with E-state index in [-0.39, 0.29) is 23.7 Å². The quantitative estimate of drug-likeness (QED) is 0.579. The first-order valence-corrected chi connectivity index (χ1v) is 7.86. The van der Waals surface area contributed by atoms with Gasteiger partial charge in [-0.2, -0.15) is 10.4 Å². The fraction of sp³-hybridized carbons (Fsp3) is 0.286. The van der Waals surface area contributed by atoms with E-state index in [1.807, 2.05) is 13.0 Å². The SMILES string of the molecule is CC[C@H](CC#N)NC(=O)c1cc([N+](=O)[O-])ccc1Sc1ncn[nH]1. The molecule has 0 saturated heterocycles. The predicted octanol–water partition coefficient (Wildman–Crippen LogP) is 2.29. The molecule has 0 unspecified atom stereocenters. The van der Waals surface area contributed by atoms with Gasteiger partial charge in [-0.3, -0.25) is 20.0 Å². The van der Waals surface area contributed by atoms with E-state index < -0.39 is 10.8 Å². The Morgan fingerprint density at radius 2 is 2.38 bits per heavy atom. The van der Waals surface area contributed by atoms with Gasteiger partial charge in [-0.25, -0.2) is 4.98 Å². The summed E-state index contributed by atoms with van der Waals surface area (Å²) in [6.45, 7) is 1.85. The van der Waals surface area contributed by atoms with Gasteiger partial charge < -0.3 is 5.32 Å². The van der Waals surface area contributed by atoms with Crippen molar-refractivity contribution in [1.29, 1.82) is 5.26 Å². The Labute approximate surface area is 141 Å². The molecule has 9 nitrogen and oxygen atoms in total. The van der Waals surface area contributed by atoms with E-state index >= 15 is 0 Å². The van der Waals surface area contributed by atoms with Gasteiger partial charge in [0.05, 0.1) is 23.0 Å². The van der Waals surface area contributed by atoms with Gasteiger partial charge in [0.15, 0.2) is 5.16 Å². The Balaban J connectivity index is 2.33. The number of nitriles is 1. The molecule has 1 heterocycles. The summed E-state index contributed by atoms with van der Waals surface area (Å²) in [5.74, 6) is -0.470. The van der Waals surface area contributed by atoms with Gasteiger partial charge in [0.25, 0.3) is 11.6 Å². The minimum absolute atomic E-state index is 0.155. The van der Waals surface area contributed by atoms with Crippen LogP contribution in [0.4, 0.5) is 5.69 Å². The zero-order valence-electron chi connectivity index (χ0n) is 12.7. The van der Waals surface area contributed by atoms with E-state index in [4.69, 9.17) is 5.26 Å². The van der Waals surface area contributed by atoms with Crippen LogP contribution in [0.15, 0.2) is 34.6 Å². The third kappa shape index (κ3) is 4.30. The van der Waals surface area contributed by atoms with Crippen molar-refractivity contribution in [3.05, 3.63) is 40.2 Å². The summed E-state index contributed by atoms with van der Waals surface area (Å²) >= 11 is 1.14. The molecule has 24 heavy (non-hydrogen) atoms. The number of nitro benzene ring substituents is 1. The molecule has 2 aromatic rings. The van der Waals surface area contributed by atoms with Gasteiger partial charge in [0.1, 0.15) is 6.33 Å². The summed E-state index contributed by atoms with van der Waals surface area (Å²) in [7, 11) is 0. The van der Waals surface area contributed by atoms with E-state index in [0.717, 1.165) is 11.8 Å². The van der Waals surface area contributed by atoms with Crippen molar-refractivity contribution in [1.82, 2.24) is 20.5 Å². The van der Waals surface area contributed by atoms with Crippen molar-refractivity contribution in [3.63, 3.8) is 0 Å². The highest BCUT2D eigenvalue weighted by atomic mass is 32.2. The number of benzene rings is 1. The molecule has 2 N–H and O–H groups in total. The van der Waals surface area contributed by atoms with Crippen LogP contribution in [0.5, 0.6) is 0 Å². The lowest BCUT2D eigenvalue weighted by Crippen LogP contribution is -2.34. The molecule has 0 radical (unpaired) electrons. The van der Waals surface area contributed by atoms with Crippen LogP contribution in [0, 0.1) is 21.4 Å². The van der Waals surface area contributed by atoms with E-state index in [2.05, 4.69) is 20.5 Å². The smallest absolute Gasteiger partial charge is 0.270 e. The molecule has 1 amide bonds. The molecule has 0 spiro atoms. The van der Waals surface area contributed by atoms with E-state index in [0.29, 0.717) is 16.5 Å². The van der Waals surface area contributed by atoms with Crippen LogP contribution in [0.25, 0.3) is 0 Å². The lowest BCUT2D eigenvalue weighted by atomic mass is 10.1. The summed E-state index contributed by atoms with van der Waals surface area (Å²) < 4.78 is 0. The third-order valence-corrected chi connectivity index (χ3v) is 4.15. The van der Waals surface area contributed by atoms with E-state index in [9.17, 15) is 14.9 Å². The lowest BCUT2D eigenvalue weighted by molar-refractivity contribution is -0.384. The Kier molecular flexibility index (Phi) is 5.86. The molecule has 0 aliphatic heterocycles. The molecule has 0 aliphatic rings. The highest BCUT2D eigenvalue weighted by molar-refractivity contribution is 7.99. The number of H-pyrrole nitrogens is 1. The molecule has 10 heteroatoms. The van der Waals surface area contributed by atoms with Crippen molar-refractivity contribution in [2.45, 2.75) is 35.9 Å². The number of nitro groups is 1. The molecule has 0 fully saturated rings. The molecule has 1 atom stereocenters. The summed E-state index contributed by atoms with van der Waals surface area (Å²) in [6.07, 6.45) is 2.08. The topological polar surface area (TPSA) is 138 Å². The van der Waals surface area contributed by atoms with Crippen molar-refractivity contribution >= 4 is 23.4 Å². The average Bonchev–Trinajstić information content (AvgIpc) is 3.07. The zero-order valence-corrected chi connectivity index (χ0v) is 13.5. The second-order valence-electron chi connectivity index (χ2n) is 4.77. The minimum Gasteiger partial charge on any atom is -0.348 e. The normalized spacial score (nSPS) is 11.5. The standard InChI is InChI=1S/C14H14N6O3S/c1-2-9(5-6-15)18-13(21)11-7-10(20(22)23)3-4-12(11)24-14-16-8-17-19-14/h3-4,7-9H,2,5H2,1H3,(H,18,21)(H,16,17,19)/t9-/m1/s1. The van der Waals surface area contributed by atoms with Gasteiger partial charge in [-0.15, -0.1) is 0 Å². The number of carbonyl (C=O) groups is 1. The Bertz CT molecular complexity index is 771. The monoisotopic (exact) mass is 346 g/mol. The number of nitrogens with one attached hydrogen (secondary N) is 2. The maximum Gasteiger partial charge on any atom is 0.270 e. The first-order chi connectivity index (χ1) is 11.5. The van der Waals surface area contributed by atoms with Gasteiger partial charge in [-0.1, -0.05) is 6.92 Å². The first-order valence-electron chi connectivity index (χ1n) is 7.04. The maximum atomic E-state index is 12.5. The number of amides is 1. The lowest BCUT2D eigenvalue weighted by Gasteiger charge is -2.15. The van der Waals surface area contributed by atoms with Crippen molar-refractivity contribution in [3.8, 4) is 6.07 Å². The highest BCUT2D eigenvalue weighted by Crippen LogP contribution is 2.30. The predicted molar refractivity (Wildman–Crippen MR) is 85.4 cm³/mol. The minimum atomic E-state index is -0.563. The van der Waals surface area contributed by atoms with E-state index in [1.165, 1.54) is 24.5 Å². The molecule has 0 saturated carbocycles. The average molecular weight is 346 g/mol. The summed E-state index contributed by atoms with van der Waals surface area (Å²) in [5.41, 5.74) is -0.0302. The van der Waals surface area contributed by atoms with Gasteiger partial charge >= 0.3 is 0 Å². The number of aromatic nitrogens is 3.